The standard InChI is InChI=1S/C16H11F3N4/c1-21-13-9-23(14-6-4-3-5-12(13)14)11-15(10-20,22-2)7-8-16(17,18)19/h3-6,9H,7-8,11H2. The van der Waals surface area contributed by atoms with Gasteiger partial charge in [0, 0.05) is 17.1 Å². The molecule has 0 radical (unpaired) electrons. The van der Waals surface area contributed by atoms with E-state index in [0.717, 1.165) is 0 Å². The average Bonchev–Trinajstić information content (AvgIpc) is 2.88. The highest BCUT2D eigenvalue weighted by atomic mass is 19.4. The fraction of sp³-hybridized carbons (Fsp3) is 0.312. The summed E-state index contributed by atoms with van der Waals surface area (Å²) < 4.78 is 38.9. The third-order valence-electron chi connectivity index (χ3n) is 3.56. The summed E-state index contributed by atoms with van der Waals surface area (Å²) in [7, 11) is 0. The molecule has 2 rings (SSSR count). The van der Waals surface area contributed by atoms with Crippen LogP contribution < -0.4 is 0 Å². The van der Waals surface area contributed by atoms with Crippen molar-refractivity contribution in [3.8, 4) is 6.07 Å². The van der Waals surface area contributed by atoms with E-state index >= 15 is 0 Å². The van der Waals surface area contributed by atoms with Gasteiger partial charge in [0.15, 0.2) is 6.07 Å². The summed E-state index contributed by atoms with van der Waals surface area (Å²) in [6, 6.07) is 8.63. The number of hydrogen-bond acceptors (Lipinski definition) is 1. The number of hydrogen-bond donors (Lipinski definition) is 0. The zero-order valence-corrected chi connectivity index (χ0v) is 11.9. The Hall–Kier alpha value is -2.98. The number of para-hydroxylation sites is 1. The molecule has 0 spiro atoms. The first kappa shape index (κ1) is 16.4. The maximum atomic E-state index is 12.5. The first-order chi connectivity index (χ1) is 10.8. The van der Waals surface area contributed by atoms with Crippen LogP contribution in [0, 0.1) is 24.5 Å². The summed E-state index contributed by atoms with van der Waals surface area (Å²) in [6.45, 7) is 14.1. The monoisotopic (exact) mass is 316 g/mol. The van der Waals surface area contributed by atoms with E-state index in [2.05, 4.69) is 9.69 Å². The predicted octanol–water partition coefficient (Wildman–Crippen LogP) is 4.72. The Kier molecular flexibility index (Phi) is 4.29. The van der Waals surface area contributed by atoms with Crippen LogP contribution in [0.15, 0.2) is 30.5 Å². The molecule has 0 aliphatic carbocycles. The molecule has 0 aliphatic heterocycles. The lowest BCUT2D eigenvalue weighted by molar-refractivity contribution is -0.136. The molecule has 0 fully saturated rings. The van der Waals surface area contributed by atoms with Crippen LogP contribution in [0.25, 0.3) is 20.6 Å². The van der Waals surface area contributed by atoms with Gasteiger partial charge in [0.25, 0.3) is 0 Å². The number of nitriles is 1. The minimum Gasteiger partial charge on any atom is -0.349 e. The van der Waals surface area contributed by atoms with Crippen LogP contribution in [0.4, 0.5) is 18.9 Å². The van der Waals surface area contributed by atoms with Crippen LogP contribution in [-0.2, 0) is 6.54 Å². The van der Waals surface area contributed by atoms with Crippen LogP contribution in [-0.4, -0.2) is 16.3 Å². The quantitative estimate of drug-likeness (QED) is 0.752. The lowest BCUT2D eigenvalue weighted by atomic mass is 9.95. The molecular weight excluding hydrogens is 305 g/mol. The number of fused-ring (bicyclic) bond motifs is 1. The van der Waals surface area contributed by atoms with Gasteiger partial charge < -0.3 is 4.57 Å². The highest BCUT2D eigenvalue weighted by molar-refractivity contribution is 5.93. The van der Waals surface area contributed by atoms with E-state index in [-0.39, 0.29) is 6.54 Å². The molecule has 0 amide bonds. The summed E-state index contributed by atoms with van der Waals surface area (Å²) in [5, 5.41) is 9.91. The van der Waals surface area contributed by atoms with Gasteiger partial charge in [-0.3, -0.25) is 4.85 Å². The van der Waals surface area contributed by atoms with Crippen molar-refractivity contribution in [2.75, 3.05) is 0 Å². The van der Waals surface area contributed by atoms with Gasteiger partial charge >= 0.3 is 11.7 Å². The molecule has 1 heterocycles. The molecule has 1 atom stereocenters. The van der Waals surface area contributed by atoms with E-state index in [1.54, 1.807) is 30.3 Å². The largest absolute Gasteiger partial charge is 0.389 e. The molecule has 7 heteroatoms. The van der Waals surface area contributed by atoms with Gasteiger partial charge in [0.2, 0.25) is 5.69 Å². The van der Waals surface area contributed by atoms with Crippen molar-refractivity contribution in [2.24, 2.45) is 0 Å². The second-order valence-corrected chi connectivity index (χ2v) is 5.14. The third-order valence-corrected chi connectivity index (χ3v) is 3.56. The fourth-order valence-electron chi connectivity index (χ4n) is 2.36. The Bertz CT molecular complexity index is 829. The first-order valence-corrected chi connectivity index (χ1v) is 6.66. The van der Waals surface area contributed by atoms with E-state index < -0.39 is 24.6 Å². The molecule has 4 nitrogen and oxygen atoms in total. The number of nitrogens with zero attached hydrogens (tertiary/aromatic N) is 4. The lowest BCUT2D eigenvalue weighted by Crippen LogP contribution is -2.30. The van der Waals surface area contributed by atoms with Crippen molar-refractivity contribution in [3.63, 3.8) is 0 Å². The maximum absolute atomic E-state index is 12.5. The van der Waals surface area contributed by atoms with Crippen molar-refractivity contribution in [3.05, 3.63) is 53.3 Å². The Morgan fingerprint density at radius 3 is 2.43 bits per heavy atom. The molecule has 0 saturated heterocycles. The highest BCUT2D eigenvalue weighted by Crippen LogP contribution is 2.33. The molecule has 0 N–H and O–H groups in total. The zero-order valence-electron chi connectivity index (χ0n) is 11.9. The smallest absolute Gasteiger partial charge is 0.349 e. The second kappa shape index (κ2) is 6.02. The van der Waals surface area contributed by atoms with Crippen molar-refractivity contribution >= 4 is 16.6 Å². The van der Waals surface area contributed by atoms with Crippen LogP contribution in [0.3, 0.4) is 0 Å². The van der Waals surface area contributed by atoms with Gasteiger partial charge in [-0.15, -0.1) is 0 Å². The Morgan fingerprint density at radius 1 is 1.17 bits per heavy atom. The summed E-state index contributed by atoms with van der Waals surface area (Å²) >= 11 is 0. The fourth-order valence-corrected chi connectivity index (χ4v) is 2.36. The molecule has 116 valence electrons. The number of rotatable bonds is 4. The van der Waals surface area contributed by atoms with E-state index in [0.29, 0.717) is 16.6 Å². The van der Waals surface area contributed by atoms with E-state index in [1.165, 1.54) is 10.8 Å². The molecule has 23 heavy (non-hydrogen) atoms. The van der Waals surface area contributed by atoms with Crippen LogP contribution in [0.2, 0.25) is 0 Å². The van der Waals surface area contributed by atoms with Crippen molar-refractivity contribution in [1.82, 2.24) is 4.57 Å². The average molecular weight is 316 g/mol. The summed E-state index contributed by atoms with van der Waals surface area (Å²) in [5.41, 5.74) is -0.849. The summed E-state index contributed by atoms with van der Waals surface area (Å²) in [5.74, 6) is 0. The Morgan fingerprint density at radius 2 is 1.87 bits per heavy atom. The summed E-state index contributed by atoms with van der Waals surface area (Å²) in [4.78, 5) is 6.54. The summed E-state index contributed by atoms with van der Waals surface area (Å²) in [6.07, 6.45) is -4.75. The molecule has 1 unspecified atom stereocenters. The maximum Gasteiger partial charge on any atom is 0.389 e. The van der Waals surface area contributed by atoms with Crippen molar-refractivity contribution in [2.45, 2.75) is 31.1 Å². The first-order valence-electron chi connectivity index (χ1n) is 6.66. The molecule has 0 saturated carbocycles. The van der Waals surface area contributed by atoms with Crippen LogP contribution >= 0.6 is 0 Å². The van der Waals surface area contributed by atoms with Gasteiger partial charge in [-0.05, 0) is 6.07 Å². The van der Waals surface area contributed by atoms with Gasteiger partial charge in [0.1, 0.15) is 6.54 Å². The minimum absolute atomic E-state index is 0.209. The van der Waals surface area contributed by atoms with Gasteiger partial charge in [-0.25, -0.2) is 11.4 Å². The topological polar surface area (TPSA) is 37.4 Å². The number of benzene rings is 1. The molecule has 1 aromatic heterocycles. The van der Waals surface area contributed by atoms with E-state index in [1.807, 2.05) is 0 Å². The van der Waals surface area contributed by atoms with Crippen molar-refractivity contribution < 1.29 is 13.2 Å². The number of aromatic nitrogens is 1. The predicted molar refractivity (Wildman–Crippen MR) is 78.4 cm³/mol. The third kappa shape index (κ3) is 3.44. The van der Waals surface area contributed by atoms with Gasteiger partial charge in [-0.2, -0.15) is 18.4 Å². The number of halogens is 3. The SMILES string of the molecule is [C-]#[N+]c1cn(CC(C#N)(CCC(F)(F)F)[N+]#[C-])c2ccccc12. The number of alkyl halides is 3. The second-order valence-electron chi connectivity index (χ2n) is 5.14. The Labute approximate surface area is 131 Å². The molecule has 0 bridgehead atoms. The van der Waals surface area contributed by atoms with E-state index in [4.69, 9.17) is 13.1 Å². The highest BCUT2D eigenvalue weighted by Gasteiger charge is 2.42. The van der Waals surface area contributed by atoms with Crippen molar-refractivity contribution in [1.29, 1.82) is 5.26 Å². The normalized spacial score (nSPS) is 13.7. The molecule has 2 aromatic rings. The van der Waals surface area contributed by atoms with Gasteiger partial charge in [0.05, 0.1) is 19.4 Å². The van der Waals surface area contributed by atoms with Crippen LogP contribution in [0.1, 0.15) is 12.8 Å². The zero-order chi connectivity index (χ0) is 17.1. The molecular formula is C16H11F3N4. The van der Waals surface area contributed by atoms with E-state index in [9.17, 15) is 18.4 Å². The van der Waals surface area contributed by atoms with Gasteiger partial charge in [-0.1, -0.05) is 18.2 Å². The Balaban J connectivity index is 2.41. The van der Waals surface area contributed by atoms with Crippen LogP contribution in [0.5, 0.6) is 0 Å². The molecule has 0 aliphatic rings. The molecule has 1 aromatic carbocycles. The lowest BCUT2D eigenvalue weighted by Gasteiger charge is -2.17. The minimum atomic E-state index is -4.42.